The summed E-state index contributed by atoms with van der Waals surface area (Å²) in [6.07, 6.45) is 6.01. The maximum atomic E-state index is 12.6. The Labute approximate surface area is 151 Å². The van der Waals surface area contributed by atoms with Crippen LogP contribution in [0.1, 0.15) is 21.6 Å². The van der Waals surface area contributed by atoms with Gasteiger partial charge in [-0.05, 0) is 18.2 Å². The van der Waals surface area contributed by atoms with E-state index in [9.17, 15) is 4.79 Å². The van der Waals surface area contributed by atoms with E-state index in [4.69, 9.17) is 16.9 Å². The molecule has 2 aromatic rings. The van der Waals surface area contributed by atoms with Crippen molar-refractivity contribution in [2.75, 3.05) is 32.7 Å². The molecule has 0 atom stereocenters. The molecule has 1 aromatic carbocycles. The van der Waals surface area contributed by atoms with Crippen LogP contribution in [0.2, 0.25) is 5.02 Å². The van der Waals surface area contributed by atoms with Gasteiger partial charge < -0.3 is 4.90 Å². The zero-order valence-electron chi connectivity index (χ0n) is 13.7. The molecule has 128 valence electrons. The van der Waals surface area contributed by atoms with Crippen molar-refractivity contribution >= 4 is 17.5 Å². The first kappa shape index (κ1) is 17.3. The number of carbonyl (C=O) groups is 1. The second-order valence-corrected chi connectivity index (χ2v) is 6.29. The second kappa shape index (κ2) is 8.06. The van der Waals surface area contributed by atoms with E-state index < -0.39 is 0 Å². The van der Waals surface area contributed by atoms with Gasteiger partial charge in [0.15, 0.2) is 0 Å². The highest BCUT2D eigenvalue weighted by Gasteiger charge is 2.22. The fourth-order valence-electron chi connectivity index (χ4n) is 2.83. The highest BCUT2D eigenvalue weighted by Crippen LogP contribution is 2.18. The fraction of sp³-hybridized carbons (Fsp3) is 0.333. The maximum Gasteiger partial charge on any atom is 0.253 e. The Morgan fingerprint density at radius 2 is 2.04 bits per heavy atom. The van der Waals surface area contributed by atoms with Gasteiger partial charge in [-0.15, -0.1) is 0 Å². The second-order valence-electron chi connectivity index (χ2n) is 5.89. The Balaban J connectivity index is 1.52. The van der Waals surface area contributed by atoms with Crippen LogP contribution in [0.5, 0.6) is 0 Å². The normalized spacial score (nSPS) is 15.0. The van der Waals surface area contributed by atoms with Crippen LogP contribution < -0.4 is 0 Å². The van der Waals surface area contributed by atoms with Crippen molar-refractivity contribution in [3.05, 3.63) is 58.6 Å². The van der Waals surface area contributed by atoms with Gasteiger partial charge in [-0.2, -0.15) is 5.26 Å². The van der Waals surface area contributed by atoms with Crippen LogP contribution in [-0.4, -0.2) is 58.4 Å². The summed E-state index contributed by atoms with van der Waals surface area (Å²) in [5, 5.41) is 9.23. The molecule has 25 heavy (non-hydrogen) atoms. The monoisotopic (exact) mass is 355 g/mol. The van der Waals surface area contributed by atoms with Crippen molar-refractivity contribution in [1.82, 2.24) is 19.8 Å². The van der Waals surface area contributed by atoms with E-state index >= 15 is 0 Å². The maximum absolute atomic E-state index is 12.6. The molecule has 6 nitrogen and oxygen atoms in total. The number of piperazine rings is 1. The predicted molar refractivity (Wildman–Crippen MR) is 94.2 cm³/mol. The summed E-state index contributed by atoms with van der Waals surface area (Å²) < 4.78 is 0. The molecule has 0 spiro atoms. The van der Waals surface area contributed by atoms with Gasteiger partial charge in [0.05, 0.1) is 16.3 Å². The Bertz CT molecular complexity index is 782. The van der Waals surface area contributed by atoms with E-state index in [1.807, 2.05) is 11.0 Å². The first-order valence-electron chi connectivity index (χ1n) is 8.13. The van der Waals surface area contributed by atoms with Gasteiger partial charge in [-0.3, -0.25) is 19.7 Å². The highest BCUT2D eigenvalue weighted by atomic mass is 35.5. The first-order valence-corrected chi connectivity index (χ1v) is 8.51. The minimum absolute atomic E-state index is 0.0417. The highest BCUT2D eigenvalue weighted by molar-refractivity contribution is 6.32. The van der Waals surface area contributed by atoms with E-state index in [1.165, 1.54) is 0 Å². The summed E-state index contributed by atoms with van der Waals surface area (Å²) in [6, 6.07) is 6.82. The molecule has 0 bridgehead atoms. The number of aromatic nitrogens is 2. The average molecular weight is 356 g/mol. The molecule has 0 N–H and O–H groups in total. The molecular formula is C18H18ClN5O. The molecule has 1 aliphatic heterocycles. The number of hydrogen-bond donors (Lipinski definition) is 0. The van der Waals surface area contributed by atoms with Crippen LogP contribution in [0.3, 0.4) is 0 Å². The largest absolute Gasteiger partial charge is 0.336 e. The summed E-state index contributed by atoms with van der Waals surface area (Å²) in [7, 11) is 0. The van der Waals surface area contributed by atoms with Gasteiger partial charge in [0.1, 0.15) is 6.07 Å². The lowest BCUT2D eigenvalue weighted by atomic mass is 10.1. The Morgan fingerprint density at radius 1 is 1.24 bits per heavy atom. The van der Waals surface area contributed by atoms with Crippen LogP contribution in [0.15, 0.2) is 36.8 Å². The minimum Gasteiger partial charge on any atom is -0.336 e. The molecule has 1 aromatic heterocycles. The zero-order valence-corrected chi connectivity index (χ0v) is 14.5. The first-order chi connectivity index (χ1) is 12.2. The van der Waals surface area contributed by atoms with Crippen molar-refractivity contribution in [2.45, 2.75) is 6.42 Å². The summed E-state index contributed by atoms with van der Waals surface area (Å²) in [5.74, 6) is -0.0417. The molecule has 0 saturated carbocycles. The van der Waals surface area contributed by atoms with Crippen molar-refractivity contribution in [3.63, 3.8) is 0 Å². The van der Waals surface area contributed by atoms with Crippen molar-refractivity contribution in [1.29, 1.82) is 5.26 Å². The smallest absolute Gasteiger partial charge is 0.253 e. The third-order valence-corrected chi connectivity index (χ3v) is 4.61. The van der Waals surface area contributed by atoms with E-state index in [0.29, 0.717) is 29.2 Å². The number of amides is 1. The quantitative estimate of drug-likeness (QED) is 0.838. The summed E-state index contributed by atoms with van der Waals surface area (Å²) in [4.78, 5) is 25.1. The van der Waals surface area contributed by atoms with E-state index in [0.717, 1.165) is 31.7 Å². The van der Waals surface area contributed by atoms with Gasteiger partial charge in [0.25, 0.3) is 5.91 Å². The van der Waals surface area contributed by atoms with Crippen LogP contribution >= 0.6 is 11.6 Å². The Morgan fingerprint density at radius 3 is 2.68 bits per heavy atom. The fourth-order valence-corrected chi connectivity index (χ4v) is 3.05. The molecule has 0 unspecified atom stereocenters. The molecule has 1 aliphatic rings. The van der Waals surface area contributed by atoms with E-state index in [2.05, 4.69) is 14.9 Å². The number of benzene rings is 1. The number of nitrogens with zero attached hydrogens (tertiary/aromatic N) is 5. The molecule has 1 saturated heterocycles. The molecule has 2 heterocycles. The van der Waals surface area contributed by atoms with Crippen LogP contribution in [0, 0.1) is 11.3 Å². The lowest BCUT2D eigenvalue weighted by Crippen LogP contribution is -2.49. The van der Waals surface area contributed by atoms with Crippen LogP contribution in [0.25, 0.3) is 0 Å². The lowest BCUT2D eigenvalue weighted by Gasteiger charge is -2.34. The van der Waals surface area contributed by atoms with Crippen LogP contribution in [0.4, 0.5) is 0 Å². The van der Waals surface area contributed by atoms with Crippen molar-refractivity contribution < 1.29 is 4.79 Å². The van der Waals surface area contributed by atoms with E-state index in [-0.39, 0.29) is 5.91 Å². The standard InChI is InChI=1S/C18H18ClN5O/c19-17-11-14(1-2-15(17)12-20)18(25)24-9-7-23(8-10-24)6-3-16-13-21-4-5-22-16/h1-2,4-5,11,13H,3,6-10H2. The Hall–Kier alpha value is -2.49. The molecule has 3 rings (SSSR count). The SMILES string of the molecule is N#Cc1ccc(C(=O)N2CCN(CCc3cnccn3)CC2)cc1Cl. The van der Waals surface area contributed by atoms with Gasteiger partial charge >= 0.3 is 0 Å². The number of carbonyl (C=O) groups excluding carboxylic acids is 1. The number of halogens is 1. The lowest BCUT2D eigenvalue weighted by molar-refractivity contribution is 0.0638. The minimum atomic E-state index is -0.0417. The number of rotatable bonds is 4. The van der Waals surface area contributed by atoms with Gasteiger partial charge in [0.2, 0.25) is 0 Å². The Kier molecular flexibility index (Phi) is 5.59. The van der Waals surface area contributed by atoms with Gasteiger partial charge in [0, 0.05) is 63.3 Å². The molecule has 0 radical (unpaired) electrons. The molecule has 7 heteroatoms. The molecule has 0 aliphatic carbocycles. The van der Waals surface area contributed by atoms with Gasteiger partial charge in [-0.1, -0.05) is 11.6 Å². The zero-order chi connectivity index (χ0) is 17.6. The molecule has 1 fully saturated rings. The topological polar surface area (TPSA) is 73.1 Å². The van der Waals surface area contributed by atoms with Crippen molar-refractivity contribution in [3.8, 4) is 6.07 Å². The van der Waals surface area contributed by atoms with Crippen LogP contribution in [-0.2, 0) is 6.42 Å². The van der Waals surface area contributed by atoms with Gasteiger partial charge in [-0.25, -0.2) is 0 Å². The molecule has 1 amide bonds. The summed E-state index contributed by atoms with van der Waals surface area (Å²) in [6.45, 7) is 3.92. The third kappa shape index (κ3) is 4.32. The number of hydrogen-bond acceptors (Lipinski definition) is 5. The number of nitriles is 1. The third-order valence-electron chi connectivity index (χ3n) is 4.30. The van der Waals surface area contributed by atoms with Crippen molar-refractivity contribution in [2.24, 2.45) is 0 Å². The summed E-state index contributed by atoms with van der Waals surface area (Å²) in [5.41, 5.74) is 1.89. The predicted octanol–water partition coefficient (Wildman–Crippen LogP) is 2.00. The average Bonchev–Trinajstić information content (AvgIpc) is 2.67. The summed E-state index contributed by atoms with van der Waals surface area (Å²) >= 11 is 6.02. The van der Waals surface area contributed by atoms with E-state index in [1.54, 1.807) is 36.8 Å². The molecular weight excluding hydrogens is 338 g/mol.